The van der Waals surface area contributed by atoms with E-state index in [-0.39, 0.29) is 31.6 Å². The molecule has 5 heteroatoms. The Kier molecular flexibility index (Phi) is 12.3. The van der Waals surface area contributed by atoms with Crippen LogP contribution in [0.15, 0.2) is 72.8 Å². The minimum absolute atomic E-state index is 0. The van der Waals surface area contributed by atoms with Crippen molar-refractivity contribution in [2.75, 3.05) is 0 Å². The molecule has 0 atom stereocenters. The molecular weight excluding hydrogens is 565 g/mol. The maximum Gasteiger partial charge on any atom is 0.155 e. The monoisotopic (exact) mass is 594 g/mol. The molecule has 4 nitrogen and oxygen atoms in total. The first-order valence-corrected chi connectivity index (χ1v) is 10.3. The van der Waals surface area contributed by atoms with Crippen molar-refractivity contribution in [3.63, 3.8) is 0 Å². The Hall–Kier alpha value is -2.62. The smallest absolute Gasteiger partial charge is 0.155 e. The number of aliphatic hydroxyl groups is 1. The molecule has 31 heavy (non-hydrogen) atoms. The largest absolute Gasteiger partial charge is 0.512 e. The van der Waals surface area contributed by atoms with Gasteiger partial charge in [0.15, 0.2) is 5.78 Å². The van der Waals surface area contributed by atoms with Gasteiger partial charge in [0, 0.05) is 38.6 Å². The third kappa shape index (κ3) is 9.82. The van der Waals surface area contributed by atoms with Crippen LogP contribution in [0, 0.1) is 6.07 Å². The van der Waals surface area contributed by atoms with Crippen LogP contribution in [0.3, 0.4) is 0 Å². The summed E-state index contributed by atoms with van der Waals surface area (Å²) in [7, 11) is 0. The van der Waals surface area contributed by atoms with E-state index in [4.69, 9.17) is 5.11 Å². The fourth-order valence-electron chi connectivity index (χ4n) is 2.90. The summed E-state index contributed by atoms with van der Waals surface area (Å²) in [6, 6.07) is 19.7. The van der Waals surface area contributed by atoms with Crippen LogP contribution in [-0.4, -0.2) is 20.9 Å². The van der Waals surface area contributed by atoms with Crippen molar-refractivity contribution >= 4 is 5.78 Å². The van der Waals surface area contributed by atoms with Gasteiger partial charge in [-0.05, 0) is 37.8 Å². The second kappa shape index (κ2) is 14.4. The molecule has 0 fully saturated rings. The van der Waals surface area contributed by atoms with E-state index in [1.807, 2.05) is 36.7 Å². The average molecular weight is 594 g/mol. The van der Waals surface area contributed by atoms with Gasteiger partial charge in [-0.2, -0.15) is 0 Å². The summed E-state index contributed by atoms with van der Waals surface area (Å²) in [6.07, 6.45) is 9.81. The molecule has 0 amide bonds. The van der Waals surface area contributed by atoms with E-state index in [0.29, 0.717) is 0 Å². The van der Waals surface area contributed by atoms with Crippen LogP contribution < -0.4 is 0 Å². The van der Waals surface area contributed by atoms with E-state index in [9.17, 15) is 4.79 Å². The first-order chi connectivity index (χ1) is 14.5. The molecule has 3 rings (SSSR count). The van der Waals surface area contributed by atoms with Crippen molar-refractivity contribution in [3.05, 3.63) is 84.4 Å². The van der Waals surface area contributed by atoms with Gasteiger partial charge in [0.1, 0.15) is 0 Å². The number of aromatic nitrogens is 2. The van der Waals surface area contributed by atoms with Crippen molar-refractivity contribution in [1.82, 2.24) is 9.97 Å². The minimum Gasteiger partial charge on any atom is -0.512 e. The van der Waals surface area contributed by atoms with Crippen molar-refractivity contribution in [1.29, 1.82) is 0 Å². The van der Waals surface area contributed by atoms with Crippen LogP contribution >= 0.6 is 0 Å². The summed E-state index contributed by atoms with van der Waals surface area (Å²) < 4.78 is 0. The van der Waals surface area contributed by atoms with Crippen molar-refractivity contribution in [2.24, 2.45) is 0 Å². The molecule has 0 aliphatic carbocycles. The number of nitrogens with zero attached hydrogens (tertiary/aromatic N) is 2. The number of aliphatic hydroxyl groups excluding tert-OH is 1. The molecule has 3 aromatic rings. The Morgan fingerprint density at radius 2 is 1.71 bits per heavy atom. The van der Waals surface area contributed by atoms with Crippen molar-refractivity contribution in [3.8, 4) is 22.5 Å². The van der Waals surface area contributed by atoms with Crippen molar-refractivity contribution in [2.45, 2.75) is 46.5 Å². The molecule has 0 unspecified atom stereocenters. The summed E-state index contributed by atoms with van der Waals surface area (Å²) in [5, 5.41) is 8.36. The predicted molar refractivity (Wildman–Crippen MR) is 122 cm³/mol. The van der Waals surface area contributed by atoms with E-state index in [1.54, 1.807) is 0 Å². The van der Waals surface area contributed by atoms with Crippen molar-refractivity contribution < 1.29 is 30.0 Å². The second-order valence-corrected chi connectivity index (χ2v) is 7.13. The SMILES string of the molecule is CC(=O)C=C(C)O.CCCCCc1cnc(-c2[c-]ccc(-c3ccccc3)c2)nc1.[Ir]. The third-order valence-corrected chi connectivity index (χ3v) is 4.34. The van der Waals surface area contributed by atoms with Crippen LogP contribution in [-0.2, 0) is 31.3 Å². The normalized spacial score (nSPS) is 10.5. The molecule has 0 aliphatic rings. The molecule has 2 aromatic carbocycles. The van der Waals surface area contributed by atoms with Gasteiger partial charge in [0.2, 0.25) is 0 Å². The van der Waals surface area contributed by atoms with Crippen LogP contribution in [0.1, 0.15) is 45.6 Å². The van der Waals surface area contributed by atoms with Gasteiger partial charge in [0.05, 0.1) is 11.6 Å². The maximum atomic E-state index is 10.0. The molecule has 1 aromatic heterocycles. The summed E-state index contributed by atoms with van der Waals surface area (Å²) in [4.78, 5) is 19.1. The number of hydrogen-bond donors (Lipinski definition) is 1. The fourth-order valence-corrected chi connectivity index (χ4v) is 2.90. The molecule has 0 spiro atoms. The first-order valence-electron chi connectivity index (χ1n) is 10.3. The number of ketones is 1. The Morgan fingerprint density at radius 3 is 2.26 bits per heavy atom. The average Bonchev–Trinajstić information content (AvgIpc) is 2.75. The van der Waals surface area contributed by atoms with Gasteiger partial charge < -0.3 is 5.11 Å². The van der Waals surface area contributed by atoms with Gasteiger partial charge in [0.25, 0.3) is 0 Å². The minimum atomic E-state index is -0.125. The number of unbranched alkanes of at least 4 members (excludes halogenated alkanes) is 2. The molecule has 0 saturated heterocycles. The van der Waals surface area contributed by atoms with Gasteiger partial charge in [-0.3, -0.25) is 14.8 Å². The topological polar surface area (TPSA) is 63.1 Å². The van der Waals surface area contributed by atoms with Gasteiger partial charge in [-0.15, -0.1) is 35.4 Å². The van der Waals surface area contributed by atoms with Gasteiger partial charge in [-0.1, -0.05) is 50.1 Å². The molecule has 0 saturated carbocycles. The molecule has 0 bridgehead atoms. The maximum absolute atomic E-state index is 10.0. The van der Waals surface area contributed by atoms with E-state index in [0.717, 1.165) is 23.4 Å². The number of allylic oxidation sites excluding steroid dienone is 2. The quantitative estimate of drug-likeness (QED) is 0.150. The zero-order chi connectivity index (χ0) is 21.8. The molecule has 1 N–H and O–H groups in total. The third-order valence-electron chi connectivity index (χ3n) is 4.34. The Balaban J connectivity index is 0.000000523. The Bertz CT molecular complexity index is 951. The first kappa shape index (κ1) is 26.4. The number of benzene rings is 2. The van der Waals surface area contributed by atoms with E-state index < -0.39 is 0 Å². The Labute approximate surface area is 198 Å². The standard InChI is InChI=1S/C21H21N2.C5H8O2.Ir/c1-2-3-5-9-17-15-22-21(23-16-17)20-13-8-12-19(14-20)18-10-6-4-7-11-18;1-4(6)3-5(2)7;/h4,6-8,10-12,14-16H,2-3,5,9H2,1H3;3,6H,1-2H3;/q-1;;. The number of rotatable bonds is 7. The number of hydrogen-bond acceptors (Lipinski definition) is 4. The van der Waals surface area contributed by atoms with Gasteiger partial charge >= 0.3 is 0 Å². The molecular formula is C26H29IrN2O2-. The van der Waals surface area contributed by atoms with Crippen LogP contribution in [0.4, 0.5) is 0 Å². The number of carbonyl (C=O) groups excluding carboxylic acids is 1. The summed E-state index contributed by atoms with van der Waals surface area (Å²) >= 11 is 0. The van der Waals surface area contributed by atoms with Gasteiger partial charge in [-0.25, -0.2) is 0 Å². The predicted octanol–water partition coefficient (Wildman–Crippen LogP) is 6.38. The zero-order valence-corrected chi connectivity index (χ0v) is 20.7. The van der Waals surface area contributed by atoms with Crippen LogP contribution in [0.2, 0.25) is 0 Å². The number of aryl methyl sites for hydroxylation is 1. The molecule has 165 valence electrons. The van der Waals surface area contributed by atoms with E-state index >= 15 is 0 Å². The summed E-state index contributed by atoms with van der Waals surface area (Å²) in [6.45, 7) is 5.07. The van der Waals surface area contributed by atoms with Crippen LogP contribution in [0.5, 0.6) is 0 Å². The molecule has 0 aliphatic heterocycles. The second-order valence-electron chi connectivity index (χ2n) is 7.13. The van der Waals surface area contributed by atoms with Crippen LogP contribution in [0.25, 0.3) is 22.5 Å². The molecule has 1 heterocycles. The van der Waals surface area contributed by atoms with E-state index in [1.165, 1.54) is 50.3 Å². The summed E-state index contributed by atoms with van der Waals surface area (Å²) in [5.74, 6) is 0.675. The fraction of sp³-hybridized carbons (Fsp3) is 0.269. The van der Waals surface area contributed by atoms with E-state index in [2.05, 4.69) is 47.2 Å². The summed E-state index contributed by atoms with van der Waals surface area (Å²) in [5.41, 5.74) is 4.50. The number of carbonyl (C=O) groups is 1. The zero-order valence-electron chi connectivity index (χ0n) is 18.3. The Morgan fingerprint density at radius 1 is 1.03 bits per heavy atom. The molecule has 1 radical (unpaired) electrons.